The minimum absolute atomic E-state index is 0.0910. The summed E-state index contributed by atoms with van der Waals surface area (Å²) in [6, 6.07) is 3.94. The van der Waals surface area contributed by atoms with Gasteiger partial charge in [-0.05, 0) is 12.1 Å². The van der Waals surface area contributed by atoms with E-state index in [4.69, 9.17) is 22.1 Å². The van der Waals surface area contributed by atoms with Gasteiger partial charge in [0.05, 0.1) is 5.56 Å². The van der Waals surface area contributed by atoms with E-state index in [0.717, 1.165) is 0 Å². The average Bonchev–Trinajstić information content (AvgIpc) is 1.94. The van der Waals surface area contributed by atoms with Crippen molar-refractivity contribution in [3.05, 3.63) is 29.6 Å². The Morgan fingerprint density at radius 1 is 1.55 bits per heavy atom. The molecule has 0 aliphatic carbocycles. The van der Waals surface area contributed by atoms with Gasteiger partial charge in [-0.2, -0.15) is 0 Å². The molecule has 0 fully saturated rings. The Bertz CT molecular complexity index is 300. The lowest BCUT2D eigenvalue weighted by atomic mass is 10.2. The summed E-state index contributed by atoms with van der Waals surface area (Å²) in [5.41, 5.74) is -0.0910. The van der Waals surface area contributed by atoms with Crippen molar-refractivity contribution >= 4 is 16.8 Å². The molecular formula is C7H5ClFNO. The minimum Gasteiger partial charge on any atom is -0.505 e. The predicted octanol–water partition coefficient (Wildman–Crippen LogP) is 2.10. The molecular weight excluding hydrogens is 169 g/mol. The number of halogens is 2. The van der Waals surface area contributed by atoms with E-state index in [1.165, 1.54) is 18.2 Å². The quantitative estimate of drug-likeness (QED) is 0.628. The Morgan fingerprint density at radius 2 is 2.18 bits per heavy atom. The summed E-state index contributed by atoms with van der Waals surface area (Å²) in [7, 11) is 0. The standard InChI is InChI=1S/C7H5ClFNO/c8-7(10)4-2-1-3-5(11)6(4)9/h1-3,10-11H. The molecule has 0 bridgehead atoms. The zero-order chi connectivity index (χ0) is 8.43. The van der Waals surface area contributed by atoms with Crippen LogP contribution in [0.15, 0.2) is 18.2 Å². The topological polar surface area (TPSA) is 44.1 Å². The van der Waals surface area contributed by atoms with E-state index in [9.17, 15) is 4.39 Å². The van der Waals surface area contributed by atoms with Crippen LogP contribution in [0.5, 0.6) is 5.75 Å². The number of aromatic hydroxyl groups is 1. The lowest BCUT2D eigenvalue weighted by Crippen LogP contribution is -1.93. The van der Waals surface area contributed by atoms with Gasteiger partial charge in [0.1, 0.15) is 5.17 Å². The average molecular weight is 174 g/mol. The van der Waals surface area contributed by atoms with Crippen LogP contribution in [0.1, 0.15) is 5.56 Å². The van der Waals surface area contributed by atoms with Gasteiger partial charge in [-0.1, -0.05) is 17.7 Å². The summed E-state index contributed by atoms with van der Waals surface area (Å²) in [5, 5.41) is 15.3. The van der Waals surface area contributed by atoms with Crippen LogP contribution in [0.2, 0.25) is 0 Å². The van der Waals surface area contributed by atoms with Gasteiger partial charge in [0.15, 0.2) is 11.6 Å². The molecule has 4 heteroatoms. The summed E-state index contributed by atoms with van der Waals surface area (Å²) < 4.78 is 12.8. The van der Waals surface area contributed by atoms with Gasteiger partial charge in [0.25, 0.3) is 0 Å². The van der Waals surface area contributed by atoms with Crippen molar-refractivity contribution in [2.24, 2.45) is 0 Å². The number of phenolic OH excluding ortho intramolecular Hbond substituents is 1. The second kappa shape index (κ2) is 2.88. The van der Waals surface area contributed by atoms with Gasteiger partial charge in [0, 0.05) is 0 Å². The summed E-state index contributed by atoms with van der Waals surface area (Å²) in [6.45, 7) is 0. The van der Waals surface area contributed by atoms with Crippen LogP contribution in [-0.4, -0.2) is 10.3 Å². The van der Waals surface area contributed by atoms with Gasteiger partial charge in [-0.25, -0.2) is 4.39 Å². The van der Waals surface area contributed by atoms with Crippen LogP contribution in [-0.2, 0) is 0 Å². The van der Waals surface area contributed by atoms with Crippen molar-refractivity contribution < 1.29 is 9.50 Å². The number of phenols is 1. The Kier molecular flexibility index (Phi) is 2.10. The van der Waals surface area contributed by atoms with Crippen molar-refractivity contribution in [2.45, 2.75) is 0 Å². The Hall–Kier alpha value is -1.09. The molecule has 0 unspecified atom stereocenters. The molecule has 1 aromatic rings. The van der Waals surface area contributed by atoms with Crippen LogP contribution in [0, 0.1) is 11.2 Å². The molecule has 58 valence electrons. The predicted molar refractivity (Wildman–Crippen MR) is 40.7 cm³/mol. The zero-order valence-corrected chi connectivity index (χ0v) is 6.19. The first-order chi connectivity index (χ1) is 5.13. The normalized spacial score (nSPS) is 9.64. The molecule has 0 radical (unpaired) electrons. The first-order valence-electron chi connectivity index (χ1n) is 2.85. The molecule has 0 amide bonds. The van der Waals surface area contributed by atoms with Gasteiger partial charge in [-0.15, -0.1) is 0 Å². The summed E-state index contributed by atoms with van der Waals surface area (Å²) >= 11 is 5.21. The van der Waals surface area contributed by atoms with Crippen LogP contribution >= 0.6 is 11.6 Å². The molecule has 1 aromatic carbocycles. The molecule has 0 saturated carbocycles. The molecule has 0 spiro atoms. The second-order valence-electron chi connectivity index (χ2n) is 1.95. The molecule has 0 aromatic heterocycles. The first-order valence-corrected chi connectivity index (χ1v) is 3.22. The maximum Gasteiger partial charge on any atom is 0.175 e. The number of benzene rings is 1. The molecule has 0 aliphatic heterocycles. The van der Waals surface area contributed by atoms with Crippen molar-refractivity contribution in [2.75, 3.05) is 0 Å². The highest BCUT2D eigenvalue weighted by Gasteiger charge is 2.08. The Labute approximate surface area is 67.7 Å². The third-order valence-electron chi connectivity index (χ3n) is 1.21. The number of hydrogen-bond acceptors (Lipinski definition) is 2. The summed E-state index contributed by atoms with van der Waals surface area (Å²) in [5.74, 6) is -1.35. The fourth-order valence-corrected chi connectivity index (χ4v) is 0.835. The highest BCUT2D eigenvalue weighted by Crippen LogP contribution is 2.19. The van der Waals surface area contributed by atoms with E-state index in [-0.39, 0.29) is 5.56 Å². The molecule has 0 aliphatic rings. The second-order valence-corrected chi connectivity index (χ2v) is 2.33. The first kappa shape index (κ1) is 8.01. The highest BCUT2D eigenvalue weighted by molar-refractivity contribution is 6.68. The maximum absolute atomic E-state index is 12.8. The van der Waals surface area contributed by atoms with Crippen molar-refractivity contribution in [3.8, 4) is 5.75 Å². The molecule has 0 saturated heterocycles. The smallest absolute Gasteiger partial charge is 0.175 e. The Morgan fingerprint density at radius 3 is 2.64 bits per heavy atom. The Balaban J connectivity index is 3.27. The van der Waals surface area contributed by atoms with E-state index in [0.29, 0.717) is 0 Å². The molecule has 2 nitrogen and oxygen atoms in total. The van der Waals surface area contributed by atoms with E-state index < -0.39 is 16.7 Å². The minimum atomic E-state index is -0.854. The molecule has 0 atom stereocenters. The summed E-state index contributed by atoms with van der Waals surface area (Å²) in [4.78, 5) is 0. The number of nitrogens with one attached hydrogen (secondary N) is 1. The van der Waals surface area contributed by atoms with Crippen molar-refractivity contribution in [1.82, 2.24) is 0 Å². The molecule has 1 rings (SSSR count). The van der Waals surface area contributed by atoms with E-state index in [1.54, 1.807) is 0 Å². The molecule has 0 heterocycles. The van der Waals surface area contributed by atoms with Crippen LogP contribution in [0.4, 0.5) is 4.39 Å². The fourth-order valence-electron chi connectivity index (χ4n) is 0.689. The van der Waals surface area contributed by atoms with Crippen molar-refractivity contribution in [3.63, 3.8) is 0 Å². The highest BCUT2D eigenvalue weighted by atomic mass is 35.5. The van der Waals surface area contributed by atoms with Crippen molar-refractivity contribution in [1.29, 1.82) is 5.41 Å². The lowest BCUT2D eigenvalue weighted by Gasteiger charge is -1.99. The third kappa shape index (κ3) is 1.49. The summed E-state index contributed by atoms with van der Waals surface area (Å²) in [6.07, 6.45) is 0. The monoisotopic (exact) mass is 173 g/mol. The number of rotatable bonds is 1. The van der Waals surface area contributed by atoms with Gasteiger partial charge < -0.3 is 5.11 Å². The third-order valence-corrected chi connectivity index (χ3v) is 1.42. The van der Waals surface area contributed by atoms with Gasteiger partial charge in [0.2, 0.25) is 0 Å². The largest absolute Gasteiger partial charge is 0.505 e. The maximum atomic E-state index is 12.8. The van der Waals surface area contributed by atoms with Gasteiger partial charge in [-0.3, -0.25) is 5.41 Å². The van der Waals surface area contributed by atoms with E-state index in [1.807, 2.05) is 0 Å². The number of hydrogen-bond donors (Lipinski definition) is 2. The van der Waals surface area contributed by atoms with Crippen LogP contribution in [0.25, 0.3) is 0 Å². The molecule has 11 heavy (non-hydrogen) atoms. The SMILES string of the molecule is N=C(Cl)c1cccc(O)c1F. The van der Waals surface area contributed by atoms with E-state index in [2.05, 4.69) is 0 Å². The van der Waals surface area contributed by atoms with Crippen LogP contribution < -0.4 is 0 Å². The fraction of sp³-hybridized carbons (Fsp3) is 0. The molecule has 2 N–H and O–H groups in total. The zero-order valence-electron chi connectivity index (χ0n) is 5.44. The van der Waals surface area contributed by atoms with E-state index >= 15 is 0 Å². The van der Waals surface area contributed by atoms with Crippen LogP contribution in [0.3, 0.4) is 0 Å². The van der Waals surface area contributed by atoms with Gasteiger partial charge >= 0.3 is 0 Å². The lowest BCUT2D eigenvalue weighted by molar-refractivity contribution is 0.432.